The molecule has 1 saturated carbocycles. The number of hydrogen-bond donors (Lipinski definition) is 3. The Morgan fingerprint density at radius 2 is 1.81 bits per heavy atom. The van der Waals surface area contributed by atoms with Gasteiger partial charge in [-0.3, -0.25) is 4.79 Å². The van der Waals surface area contributed by atoms with Crippen molar-refractivity contribution in [2.75, 3.05) is 30.4 Å². The first-order valence-electron chi connectivity index (χ1n) is 13.2. The molecule has 2 aliphatic rings. The maximum atomic E-state index is 12.3. The molecule has 196 valence electrons. The summed E-state index contributed by atoms with van der Waals surface area (Å²) in [5.74, 6) is 1.89. The van der Waals surface area contributed by atoms with Gasteiger partial charge in [-0.1, -0.05) is 23.7 Å². The minimum absolute atomic E-state index is 0.0157. The van der Waals surface area contributed by atoms with Crippen LogP contribution < -0.4 is 16.0 Å². The first-order valence-corrected chi connectivity index (χ1v) is 13.6. The van der Waals surface area contributed by atoms with E-state index in [1.54, 1.807) is 12.4 Å². The van der Waals surface area contributed by atoms with E-state index in [0.717, 1.165) is 58.7 Å². The van der Waals surface area contributed by atoms with E-state index in [-0.39, 0.29) is 17.9 Å². The predicted molar refractivity (Wildman–Crippen MR) is 147 cm³/mol. The first kappa shape index (κ1) is 25.7. The van der Waals surface area contributed by atoms with Crippen LogP contribution in [-0.4, -0.2) is 52.7 Å². The van der Waals surface area contributed by atoms with Gasteiger partial charge in [-0.25, -0.2) is 15.0 Å². The van der Waals surface area contributed by atoms with Crippen molar-refractivity contribution in [2.24, 2.45) is 5.92 Å². The number of ether oxygens (including phenoxy) is 1. The number of nitrogens with zero attached hydrogens (tertiary/aromatic N) is 3. The van der Waals surface area contributed by atoms with Crippen LogP contribution in [-0.2, 0) is 9.53 Å². The second-order valence-electron chi connectivity index (χ2n) is 10.3. The maximum Gasteiger partial charge on any atom is 0.227 e. The average Bonchev–Trinajstić information content (AvgIpc) is 2.89. The molecule has 1 amide bonds. The number of benzene rings is 1. The fraction of sp³-hybridized carbons (Fsp3) is 0.500. The van der Waals surface area contributed by atoms with Crippen molar-refractivity contribution in [1.29, 1.82) is 0 Å². The Bertz CT molecular complexity index is 1230. The first-order chi connectivity index (χ1) is 18.0. The number of aryl methyl sites for hydroxylation is 1. The Morgan fingerprint density at radius 1 is 1.08 bits per heavy atom. The van der Waals surface area contributed by atoms with Gasteiger partial charge in [0.15, 0.2) is 0 Å². The van der Waals surface area contributed by atoms with Gasteiger partial charge in [0.2, 0.25) is 11.9 Å². The van der Waals surface area contributed by atoms with E-state index in [4.69, 9.17) is 21.3 Å². The molecule has 9 heteroatoms. The van der Waals surface area contributed by atoms with Gasteiger partial charge < -0.3 is 20.7 Å². The molecule has 1 saturated heterocycles. The SMILES string of the molecule is Cc1ccc2ccc(N[C@H]3CC[C@H](CCNc4ncc([C@@H](C)C(=O)NC5COC5)cn4)CC3)nc2c1Cl. The van der Waals surface area contributed by atoms with Gasteiger partial charge in [0, 0.05) is 35.9 Å². The molecule has 1 atom stereocenters. The second kappa shape index (κ2) is 11.6. The molecule has 1 aliphatic heterocycles. The standard InChI is InChI=1S/C28H35ClN6O2/c1-17-3-6-20-7-10-24(35-26(20)25(17)29)33-22-8-4-19(5-9-22)11-12-30-28-31-13-21(14-32-28)18(2)27(36)34-23-15-37-16-23/h3,6-7,10,13-14,18-19,22-23H,4-5,8-9,11-12,15-16H2,1-2H3,(H,33,35)(H,34,36)(H,30,31,32)/t18-,19-,22-/m1/s1. The zero-order chi connectivity index (χ0) is 25.8. The number of halogens is 1. The highest BCUT2D eigenvalue weighted by atomic mass is 35.5. The van der Waals surface area contributed by atoms with Crippen LogP contribution in [0.1, 0.15) is 56.1 Å². The smallest absolute Gasteiger partial charge is 0.227 e. The van der Waals surface area contributed by atoms with Crippen LogP contribution in [0.5, 0.6) is 0 Å². The molecule has 1 aromatic carbocycles. The van der Waals surface area contributed by atoms with Crippen LogP contribution in [0.15, 0.2) is 36.7 Å². The average molecular weight is 523 g/mol. The third-order valence-corrected chi connectivity index (χ3v) is 8.05. The molecule has 0 radical (unpaired) electrons. The normalized spacial score (nSPS) is 20.7. The number of rotatable bonds is 9. The molecule has 5 rings (SSSR count). The number of pyridine rings is 1. The Kier molecular flexibility index (Phi) is 8.05. The summed E-state index contributed by atoms with van der Waals surface area (Å²) in [6.07, 6.45) is 9.19. The van der Waals surface area contributed by atoms with Crippen LogP contribution in [0.3, 0.4) is 0 Å². The van der Waals surface area contributed by atoms with Crippen molar-refractivity contribution < 1.29 is 9.53 Å². The molecule has 0 spiro atoms. The molecular weight excluding hydrogens is 488 g/mol. The highest BCUT2D eigenvalue weighted by Crippen LogP contribution is 2.30. The summed E-state index contributed by atoms with van der Waals surface area (Å²) >= 11 is 6.48. The van der Waals surface area contributed by atoms with Crippen molar-refractivity contribution in [1.82, 2.24) is 20.3 Å². The monoisotopic (exact) mass is 522 g/mol. The van der Waals surface area contributed by atoms with Crippen LogP contribution in [0.2, 0.25) is 5.02 Å². The van der Waals surface area contributed by atoms with Gasteiger partial charge in [0.1, 0.15) is 5.82 Å². The lowest BCUT2D eigenvalue weighted by molar-refractivity contribution is -0.126. The Hall–Kier alpha value is -2.97. The van der Waals surface area contributed by atoms with Gasteiger partial charge >= 0.3 is 0 Å². The van der Waals surface area contributed by atoms with E-state index in [0.29, 0.717) is 31.1 Å². The molecule has 2 aromatic heterocycles. The second-order valence-corrected chi connectivity index (χ2v) is 10.7. The fourth-order valence-electron chi connectivity index (χ4n) is 4.98. The highest BCUT2D eigenvalue weighted by molar-refractivity contribution is 6.35. The summed E-state index contributed by atoms with van der Waals surface area (Å²) in [6, 6.07) is 8.79. The van der Waals surface area contributed by atoms with Crippen LogP contribution >= 0.6 is 11.6 Å². The van der Waals surface area contributed by atoms with Crippen molar-refractivity contribution >= 4 is 40.2 Å². The number of carbonyl (C=O) groups excluding carboxylic acids is 1. The van der Waals surface area contributed by atoms with Crippen molar-refractivity contribution in [3.05, 3.63) is 52.8 Å². The fourth-order valence-corrected chi connectivity index (χ4v) is 5.19. The van der Waals surface area contributed by atoms with Gasteiger partial charge in [0.05, 0.1) is 35.7 Å². The summed E-state index contributed by atoms with van der Waals surface area (Å²) < 4.78 is 5.11. The van der Waals surface area contributed by atoms with Crippen LogP contribution in [0, 0.1) is 12.8 Å². The molecule has 3 aromatic rings. The van der Waals surface area contributed by atoms with E-state index in [2.05, 4.69) is 38.1 Å². The number of aromatic nitrogens is 3. The molecule has 3 heterocycles. The van der Waals surface area contributed by atoms with Crippen molar-refractivity contribution in [3.63, 3.8) is 0 Å². The number of fused-ring (bicyclic) bond motifs is 1. The summed E-state index contributed by atoms with van der Waals surface area (Å²) in [6.45, 7) is 5.90. The lowest BCUT2D eigenvalue weighted by Crippen LogP contribution is -2.49. The quantitative estimate of drug-likeness (QED) is 0.360. The molecule has 0 bridgehead atoms. The Balaban J connectivity index is 1.04. The summed E-state index contributed by atoms with van der Waals surface area (Å²) in [7, 11) is 0. The topological polar surface area (TPSA) is 101 Å². The molecule has 2 fully saturated rings. The van der Waals surface area contributed by atoms with Crippen LogP contribution in [0.4, 0.5) is 11.8 Å². The lowest BCUT2D eigenvalue weighted by atomic mass is 9.84. The number of carbonyl (C=O) groups is 1. The summed E-state index contributed by atoms with van der Waals surface area (Å²) in [4.78, 5) is 25.9. The lowest BCUT2D eigenvalue weighted by Gasteiger charge is -2.29. The number of nitrogens with one attached hydrogen (secondary N) is 3. The molecule has 37 heavy (non-hydrogen) atoms. The van der Waals surface area contributed by atoms with E-state index in [9.17, 15) is 4.79 Å². The van der Waals surface area contributed by atoms with E-state index in [1.165, 1.54) is 12.8 Å². The predicted octanol–water partition coefficient (Wildman–Crippen LogP) is 5.08. The van der Waals surface area contributed by atoms with E-state index in [1.807, 2.05) is 26.0 Å². The van der Waals surface area contributed by atoms with Gasteiger partial charge in [-0.2, -0.15) is 0 Å². The number of anilines is 2. The molecule has 8 nitrogen and oxygen atoms in total. The van der Waals surface area contributed by atoms with Gasteiger partial charge in [-0.05, 0) is 69.6 Å². The third-order valence-electron chi connectivity index (χ3n) is 7.58. The summed E-state index contributed by atoms with van der Waals surface area (Å²) in [5, 5.41) is 11.7. The molecular formula is C28H35ClN6O2. The number of hydrogen-bond acceptors (Lipinski definition) is 7. The minimum Gasteiger partial charge on any atom is -0.377 e. The van der Waals surface area contributed by atoms with Gasteiger partial charge in [-0.15, -0.1) is 0 Å². The third kappa shape index (κ3) is 6.30. The number of amides is 1. The van der Waals surface area contributed by atoms with Crippen molar-refractivity contribution in [2.45, 2.75) is 64.0 Å². The molecule has 0 unspecified atom stereocenters. The zero-order valence-electron chi connectivity index (χ0n) is 21.5. The summed E-state index contributed by atoms with van der Waals surface area (Å²) in [5.41, 5.74) is 2.72. The van der Waals surface area contributed by atoms with Crippen molar-refractivity contribution in [3.8, 4) is 0 Å². The molecule has 3 N–H and O–H groups in total. The zero-order valence-corrected chi connectivity index (χ0v) is 22.2. The highest BCUT2D eigenvalue weighted by Gasteiger charge is 2.24. The Labute approximate surface area is 223 Å². The van der Waals surface area contributed by atoms with Gasteiger partial charge in [0.25, 0.3) is 0 Å². The van der Waals surface area contributed by atoms with Crippen LogP contribution in [0.25, 0.3) is 10.9 Å². The largest absolute Gasteiger partial charge is 0.377 e. The minimum atomic E-state index is -0.288. The molecule has 1 aliphatic carbocycles. The Morgan fingerprint density at radius 3 is 2.51 bits per heavy atom. The van der Waals surface area contributed by atoms with E-state index >= 15 is 0 Å². The maximum absolute atomic E-state index is 12.3. The van der Waals surface area contributed by atoms with E-state index < -0.39 is 0 Å².